The molecule has 0 aliphatic heterocycles. The Kier molecular flexibility index (Phi) is 4.47. The molecular weight excluding hydrogens is 258 g/mol. The molecule has 0 unspecified atom stereocenters. The zero-order chi connectivity index (χ0) is 15.0. The summed E-state index contributed by atoms with van der Waals surface area (Å²) < 4.78 is 0. The van der Waals surface area contributed by atoms with E-state index in [1.54, 1.807) is 0 Å². The van der Waals surface area contributed by atoms with E-state index >= 15 is 0 Å². The second kappa shape index (κ2) is 6.04. The van der Waals surface area contributed by atoms with Crippen LogP contribution in [0.5, 0.6) is 0 Å². The van der Waals surface area contributed by atoms with Gasteiger partial charge in [0.25, 0.3) is 0 Å². The van der Waals surface area contributed by atoms with Gasteiger partial charge in [-0.2, -0.15) is 0 Å². The minimum Gasteiger partial charge on any atom is -0.390 e. The summed E-state index contributed by atoms with van der Waals surface area (Å²) in [6.07, 6.45) is 10.8. The first-order valence-corrected chi connectivity index (χ1v) is 9.04. The van der Waals surface area contributed by atoms with Crippen molar-refractivity contribution >= 4 is 0 Å². The first-order valence-electron chi connectivity index (χ1n) is 9.04. The van der Waals surface area contributed by atoms with Crippen molar-refractivity contribution in [3.8, 4) is 0 Å². The van der Waals surface area contributed by atoms with Crippen LogP contribution in [0.25, 0.3) is 0 Å². The third-order valence-corrected chi connectivity index (χ3v) is 6.15. The fourth-order valence-electron chi connectivity index (χ4n) is 5.41. The maximum absolute atomic E-state index is 10.6. The Morgan fingerprint density at radius 1 is 1.24 bits per heavy atom. The average Bonchev–Trinajstić information content (AvgIpc) is 2.35. The van der Waals surface area contributed by atoms with Gasteiger partial charge in [-0.25, -0.2) is 0 Å². The molecule has 0 radical (unpaired) electrons. The van der Waals surface area contributed by atoms with Gasteiger partial charge < -0.3 is 10.4 Å². The molecule has 3 atom stereocenters. The molecule has 0 saturated heterocycles. The first-order chi connectivity index (χ1) is 9.95. The smallest absolute Gasteiger partial charge is 0.0657 e. The van der Waals surface area contributed by atoms with E-state index in [-0.39, 0.29) is 5.60 Å². The summed E-state index contributed by atoms with van der Waals surface area (Å²) in [5.41, 5.74) is 1.15. The Labute approximate surface area is 130 Å². The van der Waals surface area contributed by atoms with Gasteiger partial charge in [0, 0.05) is 6.04 Å². The van der Waals surface area contributed by atoms with Crippen LogP contribution in [-0.4, -0.2) is 23.3 Å². The van der Waals surface area contributed by atoms with Gasteiger partial charge in [-0.15, -0.1) is 0 Å². The number of rotatable bonds is 6. The van der Waals surface area contributed by atoms with Crippen LogP contribution in [0.4, 0.5) is 0 Å². The molecule has 4 aliphatic rings. The third kappa shape index (κ3) is 3.53. The number of hydrogen-bond donors (Lipinski definition) is 2. The van der Waals surface area contributed by atoms with Crippen molar-refractivity contribution in [2.24, 2.45) is 23.7 Å². The van der Waals surface area contributed by atoms with Gasteiger partial charge in [0.15, 0.2) is 0 Å². The Morgan fingerprint density at radius 2 is 1.90 bits per heavy atom. The highest BCUT2D eigenvalue weighted by Crippen LogP contribution is 2.55. The summed E-state index contributed by atoms with van der Waals surface area (Å²) in [5.74, 6) is 3.05. The van der Waals surface area contributed by atoms with Crippen molar-refractivity contribution in [1.29, 1.82) is 0 Å². The predicted molar refractivity (Wildman–Crippen MR) is 88.1 cm³/mol. The summed E-state index contributed by atoms with van der Waals surface area (Å²) in [5, 5.41) is 14.5. The van der Waals surface area contributed by atoms with Gasteiger partial charge >= 0.3 is 0 Å². The van der Waals surface area contributed by atoms with Crippen LogP contribution in [0.3, 0.4) is 0 Å². The van der Waals surface area contributed by atoms with Crippen molar-refractivity contribution in [2.75, 3.05) is 6.54 Å². The second-order valence-electron chi connectivity index (χ2n) is 8.59. The van der Waals surface area contributed by atoms with Crippen LogP contribution in [0, 0.1) is 23.7 Å². The first kappa shape index (κ1) is 15.6. The molecule has 0 aromatic rings. The third-order valence-electron chi connectivity index (χ3n) is 6.15. The van der Waals surface area contributed by atoms with Crippen molar-refractivity contribution in [3.63, 3.8) is 0 Å². The number of allylic oxidation sites excluding steroid dienone is 2. The molecule has 0 aromatic heterocycles. The molecule has 4 rings (SSSR count). The monoisotopic (exact) mass is 291 g/mol. The fourth-order valence-corrected chi connectivity index (χ4v) is 5.41. The van der Waals surface area contributed by atoms with Gasteiger partial charge in [0.1, 0.15) is 0 Å². The highest BCUT2D eigenvalue weighted by molar-refractivity contribution is 5.08. The van der Waals surface area contributed by atoms with E-state index in [0.29, 0.717) is 6.04 Å². The lowest BCUT2D eigenvalue weighted by Crippen LogP contribution is -2.61. The predicted octanol–water partition coefficient (Wildman–Crippen LogP) is 3.90. The highest BCUT2D eigenvalue weighted by Gasteiger charge is 2.54. The van der Waals surface area contributed by atoms with Gasteiger partial charge in [0.05, 0.1) is 5.60 Å². The maximum Gasteiger partial charge on any atom is 0.0657 e. The van der Waals surface area contributed by atoms with Gasteiger partial charge in [-0.3, -0.25) is 0 Å². The van der Waals surface area contributed by atoms with Gasteiger partial charge in [0.2, 0.25) is 0 Å². The Balaban J connectivity index is 1.47. The maximum atomic E-state index is 10.6. The van der Waals surface area contributed by atoms with E-state index < -0.39 is 0 Å². The summed E-state index contributed by atoms with van der Waals surface area (Å²) in [6.45, 7) is 7.89. The van der Waals surface area contributed by atoms with Crippen LogP contribution < -0.4 is 5.32 Å². The van der Waals surface area contributed by atoms with E-state index in [9.17, 15) is 5.11 Å². The molecule has 2 nitrogen and oxygen atoms in total. The lowest BCUT2D eigenvalue weighted by atomic mass is 9.52. The molecule has 120 valence electrons. The lowest BCUT2D eigenvalue weighted by Gasteiger charge is -2.58. The van der Waals surface area contributed by atoms with Crippen LogP contribution >= 0.6 is 0 Å². The molecule has 4 saturated carbocycles. The molecule has 2 heteroatoms. The molecule has 0 spiro atoms. The van der Waals surface area contributed by atoms with Crippen LogP contribution in [0.1, 0.15) is 65.7 Å². The average molecular weight is 291 g/mol. The molecule has 0 heterocycles. The van der Waals surface area contributed by atoms with Gasteiger partial charge in [-0.1, -0.05) is 18.6 Å². The van der Waals surface area contributed by atoms with E-state index in [1.807, 2.05) is 0 Å². The SMILES string of the molecule is CC(C)=CCC[C@@H](C)CNC1[C@H]2CC3C[C@H]1CC(O)(C3)C2. The molecular formula is C19H33NO. The molecule has 4 fully saturated rings. The van der Waals surface area contributed by atoms with Crippen molar-refractivity contribution in [2.45, 2.75) is 77.4 Å². The summed E-state index contributed by atoms with van der Waals surface area (Å²) in [6, 6.07) is 0.688. The van der Waals surface area contributed by atoms with Crippen molar-refractivity contribution in [3.05, 3.63) is 11.6 Å². The topological polar surface area (TPSA) is 32.3 Å². The number of aliphatic hydroxyl groups is 1. The van der Waals surface area contributed by atoms with E-state index in [1.165, 1.54) is 31.3 Å². The molecule has 0 aromatic carbocycles. The van der Waals surface area contributed by atoms with E-state index in [4.69, 9.17) is 0 Å². The Hall–Kier alpha value is -0.340. The van der Waals surface area contributed by atoms with E-state index in [0.717, 1.165) is 49.5 Å². The zero-order valence-corrected chi connectivity index (χ0v) is 14.1. The van der Waals surface area contributed by atoms with Gasteiger partial charge in [-0.05, 0) is 89.0 Å². The van der Waals surface area contributed by atoms with E-state index in [2.05, 4.69) is 32.2 Å². The minimum absolute atomic E-state index is 0.288. The van der Waals surface area contributed by atoms with Crippen LogP contribution in [0.15, 0.2) is 11.6 Å². The standard InChI is InChI=1S/C19H33NO/c1-13(2)5-4-6-14(3)12-20-18-16-7-15-8-17(18)11-19(21,9-15)10-16/h5,14-18,20-21H,4,6-12H2,1-3H3/t14-,15?,16+,17+,18?,19?/m1/s1. The largest absolute Gasteiger partial charge is 0.390 e. The quantitative estimate of drug-likeness (QED) is 0.728. The second-order valence-corrected chi connectivity index (χ2v) is 8.59. The highest BCUT2D eigenvalue weighted by atomic mass is 16.3. The Bertz CT molecular complexity index is 382. The summed E-state index contributed by atoms with van der Waals surface area (Å²) in [7, 11) is 0. The molecule has 21 heavy (non-hydrogen) atoms. The minimum atomic E-state index is -0.288. The van der Waals surface area contributed by atoms with Crippen LogP contribution in [-0.2, 0) is 0 Å². The molecule has 2 N–H and O–H groups in total. The normalized spacial score (nSPS) is 42.1. The summed E-state index contributed by atoms with van der Waals surface area (Å²) >= 11 is 0. The Morgan fingerprint density at radius 3 is 2.48 bits per heavy atom. The fraction of sp³-hybridized carbons (Fsp3) is 0.895. The number of hydrogen-bond acceptors (Lipinski definition) is 2. The van der Waals surface area contributed by atoms with Crippen LogP contribution in [0.2, 0.25) is 0 Å². The number of nitrogens with one attached hydrogen (secondary N) is 1. The van der Waals surface area contributed by atoms with Crippen molar-refractivity contribution < 1.29 is 5.11 Å². The lowest BCUT2D eigenvalue weighted by molar-refractivity contribution is -0.138. The molecule has 4 aliphatic carbocycles. The summed E-state index contributed by atoms with van der Waals surface area (Å²) in [4.78, 5) is 0. The molecule has 4 bridgehead atoms. The molecule has 0 amide bonds. The van der Waals surface area contributed by atoms with Crippen molar-refractivity contribution in [1.82, 2.24) is 5.32 Å². The zero-order valence-electron chi connectivity index (χ0n) is 14.1.